The Hall–Kier alpha value is -0.960. The SMILES string of the molecule is CC(=O)NCCc1ccc2c(c1)CCCS2. The minimum Gasteiger partial charge on any atom is -0.356 e. The number of thioether (sulfide) groups is 1. The summed E-state index contributed by atoms with van der Waals surface area (Å²) in [5.41, 5.74) is 2.81. The van der Waals surface area contributed by atoms with Crippen LogP contribution in [0.2, 0.25) is 0 Å². The number of fused-ring (bicyclic) bond motifs is 1. The van der Waals surface area contributed by atoms with Crippen molar-refractivity contribution in [2.75, 3.05) is 12.3 Å². The number of amides is 1. The Bertz CT molecular complexity index is 390. The second-order valence-corrected chi connectivity index (χ2v) is 5.26. The van der Waals surface area contributed by atoms with Crippen molar-refractivity contribution in [3.05, 3.63) is 29.3 Å². The number of carbonyl (C=O) groups is 1. The minimum atomic E-state index is 0.0496. The van der Waals surface area contributed by atoms with Gasteiger partial charge in [-0.15, -0.1) is 11.8 Å². The fourth-order valence-electron chi connectivity index (χ4n) is 1.95. The summed E-state index contributed by atoms with van der Waals surface area (Å²) in [4.78, 5) is 12.2. The van der Waals surface area contributed by atoms with E-state index >= 15 is 0 Å². The van der Waals surface area contributed by atoms with E-state index in [9.17, 15) is 4.79 Å². The highest BCUT2D eigenvalue weighted by atomic mass is 32.2. The zero-order valence-corrected chi connectivity index (χ0v) is 10.4. The largest absolute Gasteiger partial charge is 0.356 e. The summed E-state index contributed by atoms with van der Waals surface area (Å²) in [7, 11) is 0. The van der Waals surface area contributed by atoms with Gasteiger partial charge in [0.25, 0.3) is 0 Å². The topological polar surface area (TPSA) is 29.1 Å². The second-order valence-electron chi connectivity index (χ2n) is 4.13. The van der Waals surface area contributed by atoms with Gasteiger partial charge >= 0.3 is 0 Å². The van der Waals surface area contributed by atoms with Crippen LogP contribution in [-0.2, 0) is 17.6 Å². The first kappa shape index (κ1) is 11.5. The van der Waals surface area contributed by atoms with Crippen LogP contribution in [0.3, 0.4) is 0 Å². The Morgan fingerprint density at radius 2 is 2.38 bits per heavy atom. The third-order valence-electron chi connectivity index (χ3n) is 2.76. The van der Waals surface area contributed by atoms with E-state index in [1.165, 1.54) is 34.6 Å². The molecule has 0 radical (unpaired) electrons. The molecular formula is C13H17NOS. The summed E-state index contributed by atoms with van der Waals surface area (Å²) in [6.07, 6.45) is 3.42. The van der Waals surface area contributed by atoms with Crippen LogP contribution in [0.25, 0.3) is 0 Å². The van der Waals surface area contributed by atoms with Gasteiger partial charge in [0.1, 0.15) is 0 Å². The number of carbonyl (C=O) groups excluding carboxylic acids is 1. The molecule has 1 aliphatic rings. The molecule has 1 aliphatic heterocycles. The van der Waals surface area contributed by atoms with Gasteiger partial charge in [0.2, 0.25) is 5.91 Å². The van der Waals surface area contributed by atoms with E-state index in [0.717, 1.165) is 13.0 Å². The van der Waals surface area contributed by atoms with Gasteiger partial charge in [-0.3, -0.25) is 4.79 Å². The number of rotatable bonds is 3. The molecule has 0 fully saturated rings. The van der Waals surface area contributed by atoms with Crippen molar-refractivity contribution >= 4 is 17.7 Å². The molecule has 0 aliphatic carbocycles. The van der Waals surface area contributed by atoms with E-state index in [1.54, 1.807) is 6.92 Å². The molecule has 0 saturated heterocycles. The van der Waals surface area contributed by atoms with Crippen LogP contribution >= 0.6 is 11.8 Å². The predicted molar refractivity (Wildman–Crippen MR) is 67.9 cm³/mol. The van der Waals surface area contributed by atoms with Crippen LogP contribution in [0.4, 0.5) is 0 Å². The lowest BCUT2D eigenvalue weighted by atomic mass is 10.0. The zero-order valence-electron chi connectivity index (χ0n) is 9.58. The van der Waals surface area contributed by atoms with Gasteiger partial charge in [0.05, 0.1) is 0 Å². The van der Waals surface area contributed by atoms with Crippen LogP contribution in [0.15, 0.2) is 23.1 Å². The maximum Gasteiger partial charge on any atom is 0.216 e. The summed E-state index contributed by atoms with van der Waals surface area (Å²) in [6.45, 7) is 2.30. The van der Waals surface area contributed by atoms with Gasteiger partial charge in [-0.1, -0.05) is 12.1 Å². The van der Waals surface area contributed by atoms with Gasteiger partial charge in [-0.25, -0.2) is 0 Å². The smallest absolute Gasteiger partial charge is 0.216 e. The van der Waals surface area contributed by atoms with Crippen molar-refractivity contribution < 1.29 is 4.79 Å². The summed E-state index contributed by atoms with van der Waals surface area (Å²) in [6, 6.07) is 6.70. The number of aryl methyl sites for hydroxylation is 1. The average Bonchev–Trinajstić information content (AvgIpc) is 2.28. The van der Waals surface area contributed by atoms with Crippen molar-refractivity contribution in [3.8, 4) is 0 Å². The maximum absolute atomic E-state index is 10.8. The highest BCUT2D eigenvalue weighted by Crippen LogP contribution is 2.30. The van der Waals surface area contributed by atoms with Crippen LogP contribution in [0.1, 0.15) is 24.5 Å². The molecule has 0 unspecified atom stereocenters. The normalized spacial score (nSPS) is 14.3. The summed E-state index contributed by atoms with van der Waals surface area (Å²) in [5.74, 6) is 1.30. The molecule has 2 rings (SSSR count). The third-order valence-corrected chi connectivity index (χ3v) is 3.96. The van der Waals surface area contributed by atoms with E-state index in [2.05, 4.69) is 23.5 Å². The van der Waals surface area contributed by atoms with Crippen LogP contribution in [-0.4, -0.2) is 18.2 Å². The van der Waals surface area contributed by atoms with E-state index in [4.69, 9.17) is 0 Å². The molecule has 0 atom stereocenters. The van der Waals surface area contributed by atoms with Gasteiger partial charge < -0.3 is 5.32 Å². The molecule has 0 saturated carbocycles. The Kier molecular flexibility index (Phi) is 3.88. The lowest BCUT2D eigenvalue weighted by molar-refractivity contribution is -0.118. The number of hydrogen-bond donors (Lipinski definition) is 1. The summed E-state index contributed by atoms with van der Waals surface area (Å²) in [5, 5.41) is 2.83. The fourth-order valence-corrected chi connectivity index (χ4v) is 2.97. The lowest BCUT2D eigenvalue weighted by Crippen LogP contribution is -2.22. The van der Waals surface area contributed by atoms with Gasteiger partial charge in [-0.05, 0) is 42.2 Å². The van der Waals surface area contributed by atoms with Crippen LogP contribution in [0.5, 0.6) is 0 Å². The van der Waals surface area contributed by atoms with Crippen LogP contribution < -0.4 is 5.32 Å². The van der Waals surface area contributed by atoms with Gasteiger partial charge in [-0.2, -0.15) is 0 Å². The molecule has 0 aromatic heterocycles. The average molecular weight is 235 g/mol. The number of nitrogens with one attached hydrogen (secondary N) is 1. The maximum atomic E-state index is 10.8. The molecule has 0 bridgehead atoms. The first-order valence-electron chi connectivity index (χ1n) is 5.75. The monoisotopic (exact) mass is 235 g/mol. The van der Waals surface area contributed by atoms with Crippen molar-refractivity contribution in [1.29, 1.82) is 0 Å². The third kappa shape index (κ3) is 3.01. The molecule has 0 spiro atoms. The quantitative estimate of drug-likeness (QED) is 0.871. The van der Waals surface area contributed by atoms with Gasteiger partial charge in [0.15, 0.2) is 0 Å². The molecule has 1 aromatic rings. The van der Waals surface area contributed by atoms with E-state index in [-0.39, 0.29) is 5.91 Å². The molecule has 1 aromatic carbocycles. The summed E-state index contributed by atoms with van der Waals surface area (Å²) < 4.78 is 0. The van der Waals surface area contributed by atoms with Crippen molar-refractivity contribution in [3.63, 3.8) is 0 Å². The highest BCUT2D eigenvalue weighted by Gasteiger charge is 2.09. The Balaban J connectivity index is 1.97. The standard InChI is InChI=1S/C13H17NOS/c1-10(15)14-7-6-11-4-5-13-12(9-11)3-2-8-16-13/h4-5,9H,2-3,6-8H2,1H3,(H,14,15). The first-order chi connectivity index (χ1) is 7.75. The fraction of sp³-hybridized carbons (Fsp3) is 0.462. The summed E-state index contributed by atoms with van der Waals surface area (Å²) >= 11 is 1.96. The van der Waals surface area contributed by atoms with Crippen LogP contribution in [0, 0.1) is 0 Å². The molecule has 16 heavy (non-hydrogen) atoms. The predicted octanol–water partition coefficient (Wildman–Crippen LogP) is 2.40. The van der Waals surface area contributed by atoms with Crippen molar-refractivity contribution in [2.24, 2.45) is 0 Å². The molecule has 1 heterocycles. The minimum absolute atomic E-state index is 0.0496. The van der Waals surface area contributed by atoms with E-state index < -0.39 is 0 Å². The lowest BCUT2D eigenvalue weighted by Gasteiger charge is -2.16. The first-order valence-corrected chi connectivity index (χ1v) is 6.73. The molecule has 2 nitrogen and oxygen atoms in total. The highest BCUT2D eigenvalue weighted by molar-refractivity contribution is 7.99. The molecule has 3 heteroatoms. The number of benzene rings is 1. The second kappa shape index (κ2) is 5.39. The van der Waals surface area contributed by atoms with Crippen molar-refractivity contribution in [1.82, 2.24) is 5.32 Å². The Morgan fingerprint density at radius 1 is 1.50 bits per heavy atom. The molecule has 1 amide bonds. The Labute approximate surface area is 101 Å². The van der Waals surface area contributed by atoms with Crippen molar-refractivity contribution in [2.45, 2.75) is 31.1 Å². The van der Waals surface area contributed by atoms with E-state index in [0.29, 0.717) is 0 Å². The number of hydrogen-bond acceptors (Lipinski definition) is 2. The molecule has 1 N–H and O–H groups in total. The molecular weight excluding hydrogens is 218 g/mol. The van der Waals surface area contributed by atoms with Gasteiger partial charge in [0, 0.05) is 18.4 Å². The zero-order chi connectivity index (χ0) is 11.4. The van der Waals surface area contributed by atoms with E-state index in [1.807, 2.05) is 11.8 Å². The Morgan fingerprint density at radius 3 is 3.19 bits per heavy atom. The molecule has 86 valence electrons.